The van der Waals surface area contributed by atoms with Gasteiger partial charge in [-0.25, -0.2) is 4.57 Å². The molecule has 0 amide bonds. The smallest absolute Gasteiger partial charge is 0.462 e. The number of phosphoric acid groups is 1. The lowest BCUT2D eigenvalue weighted by Gasteiger charge is -2.18. The van der Waals surface area contributed by atoms with Crippen molar-refractivity contribution in [3.8, 4) is 0 Å². The molecule has 0 aromatic carbocycles. The van der Waals surface area contributed by atoms with E-state index in [4.69, 9.17) is 19.3 Å². The van der Waals surface area contributed by atoms with Crippen LogP contribution in [0.25, 0.3) is 0 Å². The Morgan fingerprint density at radius 2 is 1.04 bits per heavy atom. The van der Waals surface area contributed by atoms with Crippen molar-refractivity contribution in [2.75, 3.05) is 13.2 Å². The number of hydrogen-bond acceptors (Lipinski definition) is 6. The number of carbonyl (C=O) groups excluding carboxylic acids is 2. The van der Waals surface area contributed by atoms with E-state index in [1.165, 1.54) is 77.0 Å². The van der Waals surface area contributed by atoms with Gasteiger partial charge < -0.3 is 19.3 Å². The largest absolute Gasteiger partial charge is 0.469 e. The minimum atomic E-state index is -4.75. The first-order valence-corrected chi connectivity index (χ1v) is 19.8. The summed E-state index contributed by atoms with van der Waals surface area (Å²) in [5.41, 5.74) is 0. The van der Waals surface area contributed by atoms with Gasteiger partial charge in [-0.15, -0.1) is 0 Å². The summed E-state index contributed by atoms with van der Waals surface area (Å²) in [4.78, 5) is 42.6. The molecule has 1 unspecified atom stereocenters. The zero-order chi connectivity index (χ0) is 34.0. The number of hydrogen-bond donors (Lipinski definition) is 2. The van der Waals surface area contributed by atoms with Gasteiger partial charge in [0.2, 0.25) is 0 Å². The first-order valence-electron chi connectivity index (χ1n) is 18.3. The molecule has 0 aromatic rings. The molecule has 0 fully saturated rings. The highest BCUT2D eigenvalue weighted by Crippen LogP contribution is 2.36. The van der Waals surface area contributed by atoms with Gasteiger partial charge in [0.15, 0.2) is 6.10 Å². The second-order valence-electron chi connectivity index (χ2n) is 12.2. The van der Waals surface area contributed by atoms with Crippen molar-refractivity contribution in [3.05, 3.63) is 36.5 Å². The maximum Gasteiger partial charge on any atom is 0.469 e. The van der Waals surface area contributed by atoms with Crippen LogP contribution in [0.3, 0.4) is 0 Å². The van der Waals surface area contributed by atoms with E-state index in [1.54, 1.807) is 0 Å². The fraction of sp³-hybridized carbons (Fsp3) is 0.784. The molecule has 0 aliphatic rings. The minimum Gasteiger partial charge on any atom is -0.462 e. The lowest BCUT2D eigenvalue weighted by molar-refractivity contribution is -0.161. The first kappa shape index (κ1) is 44.3. The third kappa shape index (κ3) is 35.1. The van der Waals surface area contributed by atoms with Gasteiger partial charge in [0.1, 0.15) is 6.61 Å². The maximum atomic E-state index is 12.3. The van der Waals surface area contributed by atoms with Crippen molar-refractivity contribution in [2.45, 2.75) is 174 Å². The molecule has 8 nitrogen and oxygen atoms in total. The Morgan fingerprint density at radius 3 is 1.57 bits per heavy atom. The summed E-state index contributed by atoms with van der Waals surface area (Å²) in [6, 6.07) is 0. The number of allylic oxidation sites excluding steroid dienone is 6. The molecule has 2 N–H and O–H groups in total. The third-order valence-electron chi connectivity index (χ3n) is 7.67. The molecule has 46 heavy (non-hydrogen) atoms. The summed E-state index contributed by atoms with van der Waals surface area (Å²) < 4.78 is 26.2. The van der Waals surface area contributed by atoms with Gasteiger partial charge in [0.05, 0.1) is 6.61 Å². The molecule has 9 heteroatoms. The average molecular weight is 671 g/mol. The molecule has 0 spiro atoms. The molecule has 0 rings (SSSR count). The Balaban J connectivity index is 4.00. The van der Waals surface area contributed by atoms with E-state index >= 15 is 0 Å². The molecule has 1 atom stereocenters. The highest BCUT2D eigenvalue weighted by atomic mass is 31.2. The molecule has 0 radical (unpaired) electrons. The van der Waals surface area contributed by atoms with Crippen LogP contribution in [0.4, 0.5) is 0 Å². The van der Waals surface area contributed by atoms with Crippen molar-refractivity contribution in [1.82, 2.24) is 0 Å². The minimum absolute atomic E-state index is 0.178. The Hall–Kier alpha value is -1.73. The molecule has 0 saturated heterocycles. The van der Waals surface area contributed by atoms with E-state index in [0.29, 0.717) is 6.42 Å². The number of ether oxygens (including phenoxy) is 2. The van der Waals surface area contributed by atoms with Crippen LogP contribution >= 0.6 is 7.82 Å². The van der Waals surface area contributed by atoms with Crippen LogP contribution in [0.2, 0.25) is 0 Å². The van der Waals surface area contributed by atoms with Gasteiger partial charge in [0, 0.05) is 12.8 Å². The standard InChI is InChI=1S/C37H67O8P/c1-3-5-7-9-11-13-15-17-18-20-21-23-25-27-29-31-36(38)43-33-35(34-44-46(40,41)42)45-37(39)32-30-28-26-24-22-19-16-14-12-10-8-6-4-2/h6,8,12,14,19,22,35H,3-5,7,9-11,13,15-18,20-21,23-34H2,1-2H3,(H2,40,41,42)/b8-6-,14-12-,22-19-. The third-order valence-corrected chi connectivity index (χ3v) is 8.16. The quantitative estimate of drug-likeness (QED) is 0.0306. The van der Waals surface area contributed by atoms with E-state index in [0.717, 1.165) is 57.8 Å². The van der Waals surface area contributed by atoms with Gasteiger partial charge in [0.25, 0.3) is 0 Å². The molecule has 0 aromatic heterocycles. The second-order valence-corrected chi connectivity index (χ2v) is 13.4. The molecular weight excluding hydrogens is 603 g/mol. The van der Waals surface area contributed by atoms with Gasteiger partial charge in [-0.3, -0.25) is 14.1 Å². The second kappa shape index (κ2) is 33.2. The van der Waals surface area contributed by atoms with Crippen LogP contribution in [0.15, 0.2) is 36.5 Å². The number of unbranched alkanes of at least 4 members (excludes halogenated alkanes) is 17. The molecule has 0 saturated carbocycles. The fourth-order valence-corrected chi connectivity index (χ4v) is 5.34. The van der Waals surface area contributed by atoms with Crippen LogP contribution in [0.5, 0.6) is 0 Å². The number of esters is 2. The fourth-order valence-electron chi connectivity index (χ4n) is 4.97. The normalized spacial score (nSPS) is 12.9. The maximum absolute atomic E-state index is 12.3. The van der Waals surface area contributed by atoms with Gasteiger partial charge in [-0.05, 0) is 44.9 Å². The zero-order valence-corrected chi connectivity index (χ0v) is 30.1. The van der Waals surface area contributed by atoms with Crippen molar-refractivity contribution < 1.29 is 37.9 Å². The topological polar surface area (TPSA) is 119 Å². The van der Waals surface area contributed by atoms with Gasteiger partial charge in [-0.1, -0.05) is 147 Å². The number of carbonyl (C=O) groups is 2. The Bertz CT molecular complexity index is 848. The van der Waals surface area contributed by atoms with Crippen molar-refractivity contribution in [3.63, 3.8) is 0 Å². The molecule has 268 valence electrons. The monoisotopic (exact) mass is 670 g/mol. The Labute approximate surface area is 281 Å². The predicted molar refractivity (Wildman–Crippen MR) is 188 cm³/mol. The summed E-state index contributed by atoms with van der Waals surface area (Å²) >= 11 is 0. The Morgan fingerprint density at radius 1 is 0.587 bits per heavy atom. The predicted octanol–water partition coefficient (Wildman–Crippen LogP) is 10.6. The molecule has 0 bridgehead atoms. The van der Waals surface area contributed by atoms with Crippen LogP contribution in [0.1, 0.15) is 168 Å². The van der Waals surface area contributed by atoms with Crippen LogP contribution in [-0.2, 0) is 28.2 Å². The number of rotatable bonds is 33. The van der Waals surface area contributed by atoms with E-state index < -0.39 is 32.5 Å². The molecule has 0 aliphatic heterocycles. The molecule has 0 heterocycles. The van der Waals surface area contributed by atoms with Crippen LogP contribution < -0.4 is 0 Å². The van der Waals surface area contributed by atoms with E-state index in [-0.39, 0.29) is 19.4 Å². The Kier molecular flexibility index (Phi) is 31.9. The lowest BCUT2D eigenvalue weighted by atomic mass is 10.0. The van der Waals surface area contributed by atoms with E-state index in [2.05, 4.69) is 54.8 Å². The summed E-state index contributed by atoms with van der Waals surface area (Å²) in [7, 11) is -4.75. The van der Waals surface area contributed by atoms with E-state index in [1.807, 2.05) is 0 Å². The SMILES string of the molecule is CC/C=C\C/C=C\C/C=C\CCCCCC(=O)OC(COC(=O)CCCCCCCCCCCCCCCCC)COP(=O)(O)O. The van der Waals surface area contributed by atoms with Crippen molar-refractivity contribution in [2.24, 2.45) is 0 Å². The summed E-state index contributed by atoms with van der Waals surface area (Å²) in [5.74, 6) is -0.917. The van der Waals surface area contributed by atoms with Crippen LogP contribution in [0, 0.1) is 0 Å². The molecular formula is C37H67O8P. The highest BCUT2D eigenvalue weighted by molar-refractivity contribution is 7.46. The summed E-state index contributed by atoms with van der Waals surface area (Å²) in [6.07, 6.45) is 37.3. The van der Waals surface area contributed by atoms with Gasteiger partial charge in [-0.2, -0.15) is 0 Å². The average Bonchev–Trinajstić information content (AvgIpc) is 3.02. The van der Waals surface area contributed by atoms with Crippen molar-refractivity contribution >= 4 is 19.8 Å². The van der Waals surface area contributed by atoms with E-state index in [9.17, 15) is 14.2 Å². The molecule has 0 aliphatic carbocycles. The van der Waals surface area contributed by atoms with Crippen LogP contribution in [-0.4, -0.2) is 41.0 Å². The first-order chi connectivity index (χ1) is 22.3. The summed E-state index contributed by atoms with van der Waals surface area (Å²) in [5, 5.41) is 0. The van der Waals surface area contributed by atoms with Gasteiger partial charge >= 0.3 is 19.8 Å². The zero-order valence-electron chi connectivity index (χ0n) is 29.2. The van der Waals surface area contributed by atoms with Crippen molar-refractivity contribution in [1.29, 1.82) is 0 Å². The summed E-state index contributed by atoms with van der Waals surface area (Å²) in [6.45, 7) is 3.53. The highest BCUT2D eigenvalue weighted by Gasteiger charge is 2.22. The number of phosphoric ester groups is 1. The lowest BCUT2D eigenvalue weighted by Crippen LogP contribution is -2.29.